The smallest absolute Gasteiger partial charge is 0.342 e. The number of carbonyl (C=O) groups excluding carboxylic acids is 1. The molecule has 13 heavy (non-hydrogen) atoms. The molecule has 1 rings (SSSR count). The fourth-order valence-corrected chi connectivity index (χ4v) is 0.927. The molecule has 0 N–H and O–H groups in total. The lowest BCUT2D eigenvalue weighted by Crippen LogP contribution is -2.06. The third kappa shape index (κ3) is 1.64. The van der Waals surface area contributed by atoms with E-state index in [9.17, 15) is 9.18 Å². The minimum atomic E-state index is -0.838. The summed E-state index contributed by atoms with van der Waals surface area (Å²) in [5.41, 5.74) is -0.334. The lowest BCUT2D eigenvalue weighted by molar-refractivity contribution is 0.0595. The minimum absolute atomic E-state index is 0.0214. The van der Waals surface area contributed by atoms with E-state index >= 15 is 0 Å². The molecule has 0 bridgehead atoms. The molecule has 0 atom stereocenters. The van der Waals surface area contributed by atoms with Gasteiger partial charge in [-0.25, -0.2) is 9.18 Å². The Morgan fingerprint density at radius 2 is 2.31 bits per heavy atom. The molecule has 0 aliphatic rings. The summed E-state index contributed by atoms with van der Waals surface area (Å²) in [6.45, 7) is 0. The molecule has 0 aliphatic carbocycles. The highest BCUT2D eigenvalue weighted by Gasteiger charge is 2.16. The van der Waals surface area contributed by atoms with Crippen molar-refractivity contribution in [2.24, 2.45) is 0 Å². The number of benzene rings is 1. The van der Waals surface area contributed by atoms with Gasteiger partial charge >= 0.3 is 5.97 Å². The highest BCUT2D eigenvalue weighted by Crippen LogP contribution is 2.13. The standard InChI is InChI=1S/C9H6FNO2/c1-13-9(12)8-6(5-11)3-2-4-7(8)10/h2-4H,1H3. The fraction of sp³-hybridized carbons (Fsp3) is 0.111. The Morgan fingerprint density at radius 3 is 2.85 bits per heavy atom. The quantitative estimate of drug-likeness (QED) is 0.613. The maximum Gasteiger partial charge on any atom is 0.342 e. The molecule has 0 aromatic heterocycles. The summed E-state index contributed by atoms with van der Waals surface area (Å²) < 4.78 is 17.4. The second kappa shape index (κ2) is 3.68. The number of carbonyl (C=O) groups is 1. The molecule has 0 heterocycles. The number of esters is 1. The molecule has 3 nitrogen and oxygen atoms in total. The van der Waals surface area contributed by atoms with Crippen LogP contribution in [0.4, 0.5) is 4.39 Å². The zero-order valence-corrected chi connectivity index (χ0v) is 6.87. The van der Waals surface area contributed by atoms with Crippen LogP contribution in [-0.4, -0.2) is 13.1 Å². The van der Waals surface area contributed by atoms with Gasteiger partial charge in [0, 0.05) is 0 Å². The fourth-order valence-electron chi connectivity index (χ4n) is 0.927. The van der Waals surface area contributed by atoms with Crippen LogP contribution in [0.15, 0.2) is 18.2 Å². The predicted molar refractivity (Wildman–Crippen MR) is 42.5 cm³/mol. The summed E-state index contributed by atoms with van der Waals surface area (Å²) in [5, 5.41) is 8.56. The number of nitrogens with zero attached hydrogens (tertiary/aromatic N) is 1. The summed E-state index contributed by atoms with van der Waals surface area (Å²) in [7, 11) is 1.13. The summed E-state index contributed by atoms with van der Waals surface area (Å²) >= 11 is 0. The topological polar surface area (TPSA) is 50.1 Å². The van der Waals surface area contributed by atoms with Crippen LogP contribution >= 0.6 is 0 Å². The highest BCUT2D eigenvalue weighted by molar-refractivity contribution is 5.92. The van der Waals surface area contributed by atoms with Gasteiger partial charge in [0.05, 0.1) is 12.7 Å². The Bertz CT molecular complexity index is 382. The summed E-state index contributed by atoms with van der Waals surface area (Å²) in [6.07, 6.45) is 0. The van der Waals surface area contributed by atoms with Crippen molar-refractivity contribution in [1.29, 1.82) is 5.26 Å². The van der Waals surface area contributed by atoms with E-state index in [1.54, 1.807) is 6.07 Å². The lowest BCUT2D eigenvalue weighted by atomic mass is 10.1. The van der Waals surface area contributed by atoms with E-state index in [-0.39, 0.29) is 11.1 Å². The maximum atomic E-state index is 13.0. The van der Waals surface area contributed by atoms with Crippen molar-refractivity contribution in [3.63, 3.8) is 0 Å². The normalized spacial score (nSPS) is 9.00. The first-order valence-corrected chi connectivity index (χ1v) is 3.47. The number of nitriles is 1. The van der Waals surface area contributed by atoms with Gasteiger partial charge in [0.15, 0.2) is 0 Å². The second-order valence-corrected chi connectivity index (χ2v) is 2.27. The van der Waals surface area contributed by atoms with Gasteiger partial charge in [-0.3, -0.25) is 0 Å². The number of hydrogen-bond donors (Lipinski definition) is 0. The Morgan fingerprint density at radius 1 is 1.62 bits per heavy atom. The van der Waals surface area contributed by atoms with E-state index in [2.05, 4.69) is 4.74 Å². The van der Waals surface area contributed by atoms with Crippen molar-refractivity contribution < 1.29 is 13.9 Å². The van der Waals surface area contributed by atoms with Gasteiger partial charge in [-0.1, -0.05) is 6.07 Å². The van der Waals surface area contributed by atoms with E-state index in [0.717, 1.165) is 13.2 Å². The lowest BCUT2D eigenvalue weighted by Gasteiger charge is -2.01. The third-order valence-corrected chi connectivity index (χ3v) is 1.52. The summed E-state index contributed by atoms with van der Waals surface area (Å²) in [6, 6.07) is 5.53. The number of methoxy groups -OCH3 is 1. The first kappa shape index (κ1) is 9.20. The van der Waals surface area contributed by atoms with Crippen molar-refractivity contribution in [1.82, 2.24) is 0 Å². The molecule has 0 fully saturated rings. The Hall–Kier alpha value is -1.89. The maximum absolute atomic E-state index is 13.0. The van der Waals surface area contributed by atoms with Crippen LogP contribution in [0.2, 0.25) is 0 Å². The highest BCUT2D eigenvalue weighted by atomic mass is 19.1. The number of ether oxygens (including phenoxy) is 1. The molecule has 1 aromatic carbocycles. The molecule has 0 aliphatic heterocycles. The molecule has 0 amide bonds. The SMILES string of the molecule is COC(=O)c1c(F)cccc1C#N. The average Bonchev–Trinajstić information content (AvgIpc) is 2.16. The number of rotatable bonds is 1. The van der Waals surface area contributed by atoms with Crippen LogP contribution in [0, 0.1) is 17.1 Å². The van der Waals surface area contributed by atoms with Gasteiger partial charge in [-0.15, -0.1) is 0 Å². The first-order chi connectivity index (χ1) is 6.20. The van der Waals surface area contributed by atoms with Gasteiger partial charge in [-0.2, -0.15) is 5.26 Å². The molecule has 0 unspecified atom stereocenters. The molecular formula is C9H6FNO2. The zero-order chi connectivity index (χ0) is 9.84. The minimum Gasteiger partial charge on any atom is -0.465 e. The average molecular weight is 179 g/mol. The Balaban J connectivity index is 3.33. The first-order valence-electron chi connectivity index (χ1n) is 3.47. The van der Waals surface area contributed by atoms with Crippen LogP contribution in [0.5, 0.6) is 0 Å². The Labute approximate surface area is 74.4 Å². The van der Waals surface area contributed by atoms with E-state index in [1.807, 2.05) is 0 Å². The van der Waals surface area contributed by atoms with Crippen molar-refractivity contribution in [3.05, 3.63) is 35.1 Å². The summed E-state index contributed by atoms with van der Waals surface area (Å²) in [5.74, 6) is -1.58. The van der Waals surface area contributed by atoms with Crippen molar-refractivity contribution in [3.8, 4) is 6.07 Å². The third-order valence-electron chi connectivity index (χ3n) is 1.52. The predicted octanol–water partition coefficient (Wildman–Crippen LogP) is 1.48. The van der Waals surface area contributed by atoms with Crippen LogP contribution in [0.1, 0.15) is 15.9 Å². The molecule has 0 saturated carbocycles. The van der Waals surface area contributed by atoms with Gasteiger partial charge in [0.25, 0.3) is 0 Å². The van der Waals surface area contributed by atoms with E-state index in [0.29, 0.717) is 0 Å². The summed E-state index contributed by atoms with van der Waals surface area (Å²) in [4.78, 5) is 11.0. The van der Waals surface area contributed by atoms with Crippen molar-refractivity contribution in [2.45, 2.75) is 0 Å². The van der Waals surface area contributed by atoms with Gasteiger partial charge < -0.3 is 4.74 Å². The van der Waals surface area contributed by atoms with Crippen molar-refractivity contribution in [2.75, 3.05) is 7.11 Å². The zero-order valence-electron chi connectivity index (χ0n) is 6.87. The van der Waals surface area contributed by atoms with E-state index in [1.165, 1.54) is 12.1 Å². The van der Waals surface area contributed by atoms with Crippen LogP contribution in [-0.2, 0) is 4.74 Å². The molecule has 0 radical (unpaired) electrons. The molecule has 66 valence electrons. The van der Waals surface area contributed by atoms with Crippen molar-refractivity contribution >= 4 is 5.97 Å². The second-order valence-electron chi connectivity index (χ2n) is 2.27. The number of hydrogen-bond acceptors (Lipinski definition) is 3. The van der Waals surface area contributed by atoms with Crippen LogP contribution < -0.4 is 0 Å². The van der Waals surface area contributed by atoms with Gasteiger partial charge in [0.1, 0.15) is 17.4 Å². The van der Waals surface area contributed by atoms with Crippen LogP contribution in [0.25, 0.3) is 0 Å². The van der Waals surface area contributed by atoms with E-state index in [4.69, 9.17) is 5.26 Å². The van der Waals surface area contributed by atoms with E-state index < -0.39 is 11.8 Å². The monoisotopic (exact) mass is 179 g/mol. The van der Waals surface area contributed by atoms with Gasteiger partial charge in [0.2, 0.25) is 0 Å². The Kier molecular flexibility index (Phi) is 2.60. The largest absolute Gasteiger partial charge is 0.465 e. The van der Waals surface area contributed by atoms with Crippen LogP contribution in [0.3, 0.4) is 0 Å². The molecule has 0 spiro atoms. The van der Waals surface area contributed by atoms with Gasteiger partial charge in [-0.05, 0) is 12.1 Å². The molecule has 4 heteroatoms. The molecule has 1 aromatic rings. The molecular weight excluding hydrogens is 173 g/mol. The molecule has 0 saturated heterocycles. The number of halogens is 1.